The molecule has 0 saturated carbocycles. The second kappa shape index (κ2) is 14.2. The molecule has 1 aromatic carbocycles. The molecule has 6 nitrogen and oxygen atoms in total. The van der Waals surface area contributed by atoms with Crippen molar-refractivity contribution in [1.82, 2.24) is 4.98 Å². The number of unbranched alkanes of at least 4 members (excludes halogenated alkanes) is 9. The van der Waals surface area contributed by atoms with Gasteiger partial charge in [-0.3, -0.25) is 9.78 Å². The van der Waals surface area contributed by atoms with Gasteiger partial charge in [0.15, 0.2) is 0 Å². The number of nitrogens with zero attached hydrogens (tertiary/aromatic N) is 1. The van der Waals surface area contributed by atoms with E-state index in [0.717, 1.165) is 12.8 Å². The van der Waals surface area contributed by atoms with Gasteiger partial charge in [-0.1, -0.05) is 70.8 Å². The minimum absolute atomic E-state index is 0.119. The molecule has 0 aliphatic carbocycles. The Morgan fingerprint density at radius 3 is 2.29 bits per heavy atom. The molecule has 1 amide bonds. The molecule has 2 aromatic rings. The third-order valence-electron chi connectivity index (χ3n) is 5.11. The zero-order valence-corrected chi connectivity index (χ0v) is 18.4. The molecule has 0 radical (unpaired) electrons. The molecule has 0 spiro atoms. The molecule has 1 heterocycles. The van der Waals surface area contributed by atoms with Crippen LogP contribution in [0.1, 0.15) is 92.0 Å². The molecule has 0 unspecified atom stereocenters. The molecule has 0 bridgehead atoms. The lowest BCUT2D eigenvalue weighted by molar-refractivity contribution is 0.0691. The highest BCUT2D eigenvalue weighted by molar-refractivity contribution is 6.09. The van der Waals surface area contributed by atoms with Crippen molar-refractivity contribution >= 4 is 17.6 Å². The van der Waals surface area contributed by atoms with Crippen LogP contribution in [0.25, 0.3) is 0 Å². The molecule has 1 aromatic heterocycles. The van der Waals surface area contributed by atoms with E-state index in [0.29, 0.717) is 18.0 Å². The second-order valence-corrected chi connectivity index (χ2v) is 7.72. The van der Waals surface area contributed by atoms with Gasteiger partial charge in [-0.2, -0.15) is 0 Å². The van der Waals surface area contributed by atoms with Gasteiger partial charge in [0.25, 0.3) is 5.91 Å². The first kappa shape index (κ1) is 24.4. The van der Waals surface area contributed by atoms with Crippen molar-refractivity contribution in [2.24, 2.45) is 0 Å². The Morgan fingerprint density at radius 2 is 1.61 bits per heavy atom. The fourth-order valence-electron chi connectivity index (χ4n) is 3.39. The number of nitrogens with one attached hydrogen (secondary N) is 1. The van der Waals surface area contributed by atoms with Gasteiger partial charge in [0.1, 0.15) is 11.4 Å². The zero-order chi connectivity index (χ0) is 22.3. The normalized spacial score (nSPS) is 10.6. The number of hydrogen-bond acceptors (Lipinski definition) is 4. The summed E-state index contributed by atoms with van der Waals surface area (Å²) in [6, 6.07) is 9.94. The topological polar surface area (TPSA) is 88.5 Å². The average molecular weight is 427 g/mol. The van der Waals surface area contributed by atoms with Crippen molar-refractivity contribution in [2.45, 2.75) is 71.1 Å². The molecule has 0 aliphatic rings. The van der Waals surface area contributed by atoms with Crippen molar-refractivity contribution in [3.8, 4) is 5.75 Å². The number of carboxylic acid groups (broad SMARTS) is 1. The fraction of sp³-hybridized carbons (Fsp3) is 0.480. The van der Waals surface area contributed by atoms with E-state index in [2.05, 4.69) is 17.2 Å². The number of amides is 1. The molecule has 2 rings (SSSR count). The molecule has 2 N–H and O–H groups in total. The fourth-order valence-corrected chi connectivity index (χ4v) is 3.39. The number of aromatic carboxylic acids is 1. The molecule has 31 heavy (non-hydrogen) atoms. The summed E-state index contributed by atoms with van der Waals surface area (Å²) in [5.41, 5.74) is 0.285. The van der Waals surface area contributed by atoms with Crippen molar-refractivity contribution in [1.29, 1.82) is 0 Å². The predicted molar refractivity (Wildman–Crippen MR) is 123 cm³/mol. The van der Waals surface area contributed by atoms with E-state index in [1.165, 1.54) is 69.7 Å². The SMILES string of the molecule is CCCCCCCCCCCCOc1cccc(NC(=O)c2ncccc2C(=O)O)c1. The van der Waals surface area contributed by atoms with Gasteiger partial charge in [-0.25, -0.2) is 4.79 Å². The molecule has 6 heteroatoms. The Hall–Kier alpha value is -2.89. The molecule has 168 valence electrons. The van der Waals surface area contributed by atoms with Crippen molar-refractivity contribution in [3.63, 3.8) is 0 Å². The highest BCUT2D eigenvalue weighted by Crippen LogP contribution is 2.19. The van der Waals surface area contributed by atoms with Crippen LogP contribution in [0.5, 0.6) is 5.75 Å². The first-order valence-electron chi connectivity index (χ1n) is 11.3. The highest BCUT2D eigenvalue weighted by Gasteiger charge is 2.17. The van der Waals surface area contributed by atoms with E-state index in [1.54, 1.807) is 18.2 Å². The van der Waals surface area contributed by atoms with Gasteiger partial charge in [-0.15, -0.1) is 0 Å². The van der Waals surface area contributed by atoms with E-state index in [4.69, 9.17) is 4.74 Å². The first-order chi connectivity index (χ1) is 15.1. The molecule has 0 saturated heterocycles. The predicted octanol–water partition coefficient (Wildman–Crippen LogP) is 6.33. The first-order valence-corrected chi connectivity index (χ1v) is 11.3. The van der Waals surface area contributed by atoms with Crippen molar-refractivity contribution in [3.05, 3.63) is 53.9 Å². The minimum atomic E-state index is -1.19. The maximum Gasteiger partial charge on any atom is 0.338 e. The number of carbonyl (C=O) groups is 2. The number of anilines is 1. The van der Waals surface area contributed by atoms with Crippen LogP contribution in [-0.4, -0.2) is 28.6 Å². The number of hydrogen-bond donors (Lipinski definition) is 2. The Labute approximate surface area is 185 Å². The standard InChI is InChI=1S/C25H34N2O4/c1-2-3-4-5-6-7-8-9-10-11-18-31-21-15-12-14-20(19-21)27-24(28)23-22(25(29)30)16-13-17-26-23/h12-17,19H,2-11,18H2,1H3,(H,27,28)(H,29,30). The van der Waals surface area contributed by atoms with Crippen LogP contribution in [0.3, 0.4) is 0 Å². The largest absolute Gasteiger partial charge is 0.494 e. The molecule has 0 atom stereocenters. The van der Waals surface area contributed by atoms with E-state index in [9.17, 15) is 14.7 Å². The van der Waals surface area contributed by atoms with Gasteiger partial charge in [0.05, 0.1) is 12.2 Å². The Balaban J connectivity index is 1.69. The monoisotopic (exact) mass is 426 g/mol. The summed E-state index contributed by atoms with van der Waals surface area (Å²) in [5, 5.41) is 11.9. The Bertz CT molecular complexity index is 823. The third kappa shape index (κ3) is 9.20. The smallest absolute Gasteiger partial charge is 0.338 e. The van der Waals surface area contributed by atoms with E-state index in [-0.39, 0.29) is 11.3 Å². The van der Waals surface area contributed by atoms with Gasteiger partial charge < -0.3 is 15.2 Å². The van der Waals surface area contributed by atoms with Gasteiger partial charge in [0, 0.05) is 18.0 Å². The van der Waals surface area contributed by atoms with Crippen LogP contribution >= 0.6 is 0 Å². The number of carbonyl (C=O) groups excluding carboxylic acids is 1. The number of benzene rings is 1. The number of rotatable bonds is 15. The molecular formula is C25H34N2O4. The lowest BCUT2D eigenvalue weighted by Gasteiger charge is -2.10. The summed E-state index contributed by atoms with van der Waals surface area (Å²) in [6.45, 7) is 2.88. The molecular weight excluding hydrogens is 392 g/mol. The van der Waals surface area contributed by atoms with Gasteiger partial charge >= 0.3 is 5.97 Å². The summed E-state index contributed by atoms with van der Waals surface area (Å²) in [4.78, 5) is 27.6. The van der Waals surface area contributed by atoms with Gasteiger partial charge in [-0.05, 0) is 30.7 Å². The Kier molecular flexibility index (Phi) is 11.1. The number of pyridine rings is 1. The van der Waals surface area contributed by atoms with Crippen LogP contribution in [0.15, 0.2) is 42.6 Å². The summed E-state index contributed by atoms with van der Waals surface area (Å²) in [7, 11) is 0. The number of ether oxygens (including phenoxy) is 1. The quantitative estimate of drug-likeness (QED) is 0.325. The van der Waals surface area contributed by atoms with E-state index < -0.39 is 11.9 Å². The number of aromatic nitrogens is 1. The summed E-state index contributed by atoms with van der Waals surface area (Å²) < 4.78 is 5.81. The maximum absolute atomic E-state index is 12.4. The minimum Gasteiger partial charge on any atom is -0.494 e. The maximum atomic E-state index is 12.4. The molecule has 0 aliphatic heterocycles. The molecule has 0 fully saturated rings. The summed E-state index contributed by atoms with van der Waals surface area (Å²) >= 11 is 0. The Morgan fingerprint density at radius 1 is 0.935 bits per heavy atom. The third-order valence-corrected chi connectivity index (χ3v) is 5.11. The lowest BCUT2D eigenvalue weighted by Crippen LogP contribution is -2.18. The number of carboxylic acids is 1. The van der Waals surface area contributed by atoms with Crippen LogP contribution in [0, 0.1) is 0 Å². The van der Waals surface area contributed by atoms with E-state index in [1.807, 2.05) is 6.07 Å². The summed E-state index contributed by atoms with van der Waals surface area (Å²) in [6.07, 6.45) is 14.1. The van der Waals surface area contributed by atoms with Crippen LogP contribution in [0.2, 0.25) is 0 Å². The van der Waals surface area contributed by atoms with Crippen LogP contribution in [0.4, 0.5) is 5.69 Å². The highest BCUT2D eigenvalue weighted by atomic mass is 16.5. The lowest BCUT2D eigenvalue weighted by atomic mass is 10.1. The van der Waals surface area contributed by atoms with Crippen LogP contribution in [-0.2, 0) is 0 Å². The van der Waals surface area contributed by atoms with Crippen molar-refractivity contribution < 1.29 is 19.4 Å². The van der Waals surface area contributed by atoms with Crippen LogP contribution < -0.4 is 10.1 Å². The zero-order valence-electron chi connectivity index (χ0n) is 18.4. The summed E-state index contributed by atoms with van der Waals surface area (Å²) in [5.74, 6) is -1.08. The van der Waals surface area contributed by atoms with Crippen molar-refractivity contribution in [2.75, 3.05) is 11.9 Å². The second-order valence-electron chi connectivity index (χ2n) is 7.72. The van der Waals surface area contributed by atoms with E-state index >= 15 is 0 Å². The van der Waals surface area contributed by atoms with Gasteiger partial charge in [0.2, 0.25) is 0 Å². The average Bonchev–Trinajstić information content (AvgIpc) is 2.77.